The zero-order valence-electron chi connectivity index (χ0n) is 16.7. The van der Waals surface area contributed by atoms with Gasteiger partial charge in [-0.3, -0.25) is 4.72 Å². The zero-order valence-corrected chi connectivity index (χ0v) is 18.2. The van der Waals surface area contributed by atoms with Gasteiger partial charge in [0.05, 0.1) is 27.6 Å². The van der Waals surface area contributed by atoms with Crippen molar-refractivity contribution >= 4 is 56.0 Å². The van der Waals surface area contributed by atoms with Crippen molar-refractivity contribution in [3.05, 3.63) is 82.9 Å². The molecule has 1 heterocycles. The van der Waals surface area contributed by atoms with Crippen LogP contribution in [0, 0.1) is 6.92 Å². The summed E-state index contributed by atoms with van der Waals surface area (Å²) in [5.74, 6) is -1.53. The minimum Gasteiger partial charge on any atom is -0.545 e. The Balaban J connectivity index is 1.82. The third kappa shape index (κ3) is 4.48. The largest absolute Gasteiger partial charge is 0.545 e. The number of sulfonamides is 1. The van der Waals surface area contributed by atoms with Gasteiger partial charge in [-0.2, -0.15) is 0 Å². The van der Waals surface area contributed by atoms with Crippen molar-refractivity contribution in [3.63, 3.8) is 0 Å². The smallest absolute Gasteiger partial charge is 0.263 e. The first kappa shape index (κ1) is 21.5. The molecule has 0 amide bonds. The van der Waals surface area contributed by atoms with Gasteiger partial charge in [-0.15, -0.1) is 0 Å². The molecule has 0 radical (unpaired) electrons. The second-order valence-electron chi connectivity index (χ2n) is 6.93. The van der Waals surface area contributed by atoms with Crippen LogP contribution in [0.2, 0.25) is 5.02 Å². The summed E-state index contributed by atoms with van der Waals surface area (Å²) in [4.78, 5) is 20.4. The van der Waals surface area contributed by atoms with Crippen molar-refractivity contribution in [2.24, 2.45) is 0 Å². The first-order chi connectivity index (χ1) is 15.2. The van der Waals surface area contributed by atoms with Crippen LogP contribution in [0.3, 0.4) is 0 Å². The molecule has 0 aliphatic heterocycles. The van der Waals surface area contributed by atoms with Crippen LogP contribution < -0.4 is 15.1 Å². The minimum absolute atomic E-state index is 0.00385. The lowest BCUT2D eigenvalue weighted by atomic mass is 10.2. The molecule has 0 aliphatic carbocycles. The summed E-state index contributed by atoms with van der Waals surface area (Å²) in [6, 6.07) is 17.3. The second-order valence-corrected chi connectivity index (χ2v) is 9.05. The van der Waals surface area contributed by atoms with E-state index in [1.807, 2.05) is 6.92 Å². The van der Waals surface area contributed by atoms with Crippen molar-refractivity contribution in [2.45, 2.75) is 11.8 Å². The number of aromatic nitrogens is 2. The van der Waals surface area contributed by atoms with Gasteiger partial charge in [-0.25, -0.2) is 18.4 Å². The Labute approximate surface area is 189 Å². The van der Waals surface area contributed by atoms with E-state index in [2.05, 4.69) is 20.0 Å². The number of fused-ring (bicyclic) bond motifs is 1. The quantitative estimate of drug-likeness (QED) is 0.444. The topological polar surface area (TPSA) is 124 Å². The molecule has 0 bridgehead atoms. The van der Waals surface area contributed by atoms with E-state index >= 15 is 0 Å². The van der Waals surface area contributed by atoms with Crippen LogP contribution >= 0.6 is 11.6 Å². The van der Waals surface area contributed by atoms with Gasteiger partial charge in [0, 0.05) is 10.6 Å². The first-order valence-electron chi connectivity index (χ1n) is 9.37. The highest BCUT2D eigenvalue weighted by Gasteiger charge is 2.19. The summed E-state index contributed by atoms with van der Waals surface area (Å²) >= 11 is 6.02. The highest BCUT2D eigenvalue weighted by molar-refractivity contribution is 7.92. The molecule has 10 heteroatoms. The van der Waals surface area contributed by atoms with Crippen LogP contribution in [0.15, 0.2) is 71.6 Å². The van der Waals surface area contributed by atoms with Crippen LogP contribution in [0.5, 0.6) is 0 Å². The molecule has 1 aromatic heterocycles. The lowest BCUT2D eigenvalue weighted by Gasteiger charge is -2.16. The number of carboxylic acid groups (broad SMARTS) is 1. The van der Waals surface area contributed by atoms with Crippen molar-refractivity contribution in [3.8, 4) is 0 Å². The number of hydrogen-bond donors (Lipinski definition) is 2. The molecule has 0 saturated carbocycles. The molecule has 0 unspecified atom stereocenters. The Kier molecular flexibility index (Phi) is 5.68. The summed E-state index contributed by atoms with van der Waals surface area (Å²) in [5.41, 5.74) is 1.75. The van der Waals surface area contributed by atoms with E-state index in [4.69, 9.17) is 11.6 Å². The van der Waals surface area contributed by atoms with Gasteiger partial charge in [0.15, 0.2) is 11.6 Å². The number of nitrogens with zero attached hydrogens (tertiary/aromatic N) is 2. The predicted molar refractivity (Wildman–Crippen MR) is 121 cm³/mol. The molecule has 32 heavy (non-hydrogen) atoms. The molecular formula is C22H16ClN4O4S-. The SMILES string of the molecule is Cc1ccc(S(=O)(=O)Nc2nc3ccccc3nc2Nc2cc(Cl)ccc2C(=O)[O-])cc1. The molecule has 3 aromatic carbocycles. The standard InChI is InChI=1S/C22H17ClN4O4S/c1-13-6-9-15(10-7-13)32(30,31)27-21-20(24-17-4-2-3-5-18(17)25-21)26-19-12-14(23)8-11-16(19)22(28)29/h2-12H,1H3,(H,24,26)(H,25,27)(H,28,29)/p-1. The fourth-order valence-electron chi connectivity index (χ4n) is 2.99. The fraction of sp³-hybridized carbons (Fsp3) is 0.0455. The number of anilines is 3. The summed E-state index contributed by atoms with van der Waals surface area (Å²) in [7, 11) is -4.00. The second kappa shape index (κ2) is 8.45. The molecular weight excluding hydrogens is 452 g/mol. The number of hydrogen-bond acceptors (Lipinski definition) is 7. The van der Waals surface area contributed by atoms with Gasteiger partial charge in [-0.05, 0) is 49.4 Å². The van der Waals surface area contributed by atoms with E-state index in [-0.39, 0.29) is 32.8 Å². The predicted octanol–water partition coefficient (Wildman–Crippen LogP) is 3.50. The van der Waals surface area contributed by atoms with E-state index in [1.54, 1.807) is 36.4 Å². The number of nitrogens with one attached hydrogen (secondary N) is 2. The van der Waals surface area contributed by atoms with Crippen LogP contribution in [0.25, 0.3) is 11.0 Å². The van der Waals surface area contributed by atoms with Gasteiger partial charge in [0.2, 0.25) is 0 Å². The molecule has 4 rings (SSSR count). The number of benzene rings is 3. The Hall–Kier alpha value is -3.69. The summed E-state index contributed by atoms with van der Waals surface area (Å²) < 4.78 is 28.3. The molecule has 0 spiro atoms. The Bertz CT molecular complexity index is 1440. The number of rotatable bonds is 6. The van der Waals surface area contributed by atoms with Crippen molar-refractivity contribution in [2.75, 3.05) is 10.0 Å². The lowest BCUT2D eigenvalue weighted by molar-refractivity contribution is -0.254. The monoisotopic (exact) mass is 467 g/mol. The Morgan fingerprint density at radius 2 is 1.56 bits per heavy atom. The van der Waals surface area contributed by atoms with Crippen LogP contribution in [-0.4, -0.2) is 24.4 Å². The number of carbonyl (C=O) groups excluding carboxylic acids is 1. The average Bonchev–Trinajstić information content (AvgIpc) is 2.74. The van der Waals surface area contributed by atoms with E-state index in [9.17, 15) is 18.3 Å². The highest BCUT2D eigenvalue weighted by Crippen LogP contribution is 2.30. The number of aryl methyl sites for hydroxylation is 1. The summed E-state index contributed by atoms with van der Waals surface area (Å²) in [5, 5.41) is 14.6. The van der Waals surface area contributed by atoms with E-state index in [0.717, 1.165) is 5.56 Å². The van der Waals surface area contributed by atoms with Crippen LogP contribution in [0.1, 0.15) is 15.9 Å². The normalized spacial score (nSPS) is 11.3. The number of carbonyl (C=O) groups is 1. The van der Waals surface area contributed by atoms with Crippen LogP contribution in [-0.2, 0) is 10.0 Å². The highest BCUT2D eigenvalue weighted by atomic mass is 35.5. The van der Waals surface area contributed by atoms with Gasteiger partial charge < -0.3 is 15.2 Å². The van der Waals surface area contributed by atoms with E-state index in [0.29, 0.717) is 11.0 Å². The first-order valence-corrected chi connectivity index (χ1v) is 11.2. The van der Waals surface area contributed by atoms with Crippen molar-refractivity contribution < 1.29 is 18.3 Å². The van der Waals surface area contributed by atoms with Gasteiger partial charge in [0.25, 0.3) is 10.0 Å². The molecule has 162 valence electrons. The third-order valence-electron chi connectivity index (χ3n) is 4.59. The number of carboxylic acids is 1. The lowest BCUT2D eigenvalue weighted by Crippen LogP contribution is -2.23. The van der Waals surface area contributed by atoms with Crippen molar-refractivity contribution in [1.29, 1.82) is 0 Å². The molecule has 4 aromatic rings. The Morgan fingerprint density at radius 1 is 0.938 bits per heavy atom. The molecule has 0 saturated heterocycles. The van der Waals surface area contributed by atoms with Crippen LogP contribution in [0.4, 0.5) is 17.3 Å². The molecule has 0 atom stereocenters. The summed E-state index contributed by atoms with van der Waals surface area (Å²) in [6.07, 6.45) is 0. The number of para-hydroxylation sites is 2. The van der Waals surface area contributed by atoms with Gasteiger partial charge in [-0.1, -0.05) is 41.4 Å². The maximum atomic E-state index is 13.0. The Morgan fingerprint density at radius 3 is 2.19 bits per heavy atom. The van der Waals surface area contributed by atoms with Gasteiger partial charge in [0.1, 0.15) is 0 Å². The fourth-order valence-corrected chi connectivity index (χ4v) is 4.17. The molecule has 8 nitrogen and oxygen atoms in total. The number of aromatic carboxylic acids is 1. The van der Waals surface area contributed by atoms with Crippen molar-refractivity contribution in [1.82, 2.24) is 9.97 Å². The molecule has 2 N–H and O–H groups in total. The average molecular weight is 468 g/mol. The van der Waals surface area contributed by atoms with E-state index in [1.165, 1.54) is 30.3 Å². The third-order valence-corrected chi connectivity index (χ3v) is 6.18. The molecule has 0 fully saturated rings. The summed E-state index contributed by atoms with van der Waals surface area (Å²) in [6.45, 7) is 1.85. The minimum atomic E-state index is -4.00. The molecule has 0 aliphatic rings. The van der Waals surface area contributed by atoms with E-state index < -0.39 is 16.0 Å². The maximum absolute atomic E-state index is 13.0. The zero-order chi connectivity index (χ0) is 22.9. The number of halogens is 1. The van der Waals surface area contributed by atoms with Gasteiger partial charge >= 0.3 is 0 Å². The maximum Gasteiger partial charge on any atom is 0.263 e.